The van der Waals surface area contributed by atoms with Crippen LogP contribution in [0.25, 0.3) is 5.57 Å². The highest BCUT2D eigenvalue weighted by Crippen LogP contribution is 2.47. The first-order valence-corrected chi connectivity index (χ1v) is 13.0. The molecule has 2 aromatic rings. The lowest BCUT2D eigenvalue weighted by Crippen LogP contribution is -2.36. The van der Waals surface area contributed by atoms with Gasteiger partial charge in [0.15, 0.2) is 0 Å². The van der Waals surface area contributed by atoms with Crippen molar-refractivity contribution >= 4 is 17.2 Å². The number of benzene rings is 2. The first-order valence-electron chi connectivity index (χ1n) is 13.0. The second-order valence-corrected chi connectivity index (χ2v) is 11.5. The lowest BCUT2D eigenvalue weighted by Gasteiger charge is -2.36. The fourth-order valence-electron chi connectivity index (χ4n) is 5.88. The molecule has 1 fully saturated rings. The Labute approximate surface area is 233 Å². The minimum atomic E-state index is -4.99. The van der Waals surface area contributed by atoms with Crippen molar-refractivity contribution in [3.8, 4) is 5.75 Å². The van der Waals surface area contributed by atoms with Crippen molar-refractivity contribution in [2.45, 2.75) is 70.8 Å². The van der Waals surface area contributed by atoms with E-state index in [1.807, 2.05) is 13.8 Å². The normalized spacial score (nSPS) is 21.4. The van der Waals surface area contributed by atoms with Gasteiger partial charge in [-0.3, -0.25) is 14.9 Å². The van der Waals surface area contributed by atoms with Gasteiger partial charge < -0.3 is 9.64 Å². The number of nitrogens with zero attached hydrogens (tertiary/aromatic N) is 2. The molecule has 1 aliphatic carbocycles. The highest BCUT2D eigenvalue weighted by molar-refractivity contribution is 5.82. The summed E-state index contributed by atoms with van der Waals surface area (Å²) in [5.41, 5.74) is -1.21. The lowest BCUT2D eigenvalue weighted by atomic mass is 9.72. The summed E-state index contributed by atoms with van der Waals surface area (Å²) in [5.74, 6) is -0.862. The molecule has 0 bridgehead atoms. The Hall–Kier alpha value is -3.57. The quantitative estimate of drug-likeness (QED) is 0.196. The first-order chi connectivity index (χ1) is 18.9. The molecular formula is C29H30F6N2O4. The van der Waals surface area contributed by atoms with Crippen molar-refractivity contribution in [2.24, 2.45) is 5.41 Å². The third kappa shape index (κ3) is 6.36. The molecule has 0 radical (unpaired) electrons. The number of alkyl halides is 6. The number of carbonyl (C=O) groups is 1. The van der Waals surface area contributed by atoms with E-state index in [1.165, 1.54) is 30.2 Å². The van der Waals surface area contributed by atoms with E-state index in [2.05, 4.69) is 0 Å². The van der Waals surface area contributed by atoms with Gasteiger partial charge in [0.1, 0.15) is 5.75 Å². The molecule has 0 spiro atoms. The number of hydrogen-bond donors (Lipinski definition) is 0. The molecule has 0 aromatic heterocycles. The largest absolute Gasteiger partial charge is 0.496 e. The topological polar surface area (TPSA) is 72.7 Å². The minimum absolute atomic E-state index is 0.0797. The maximum absolute atomic E-state index is 13.5. The summed E-state index contributed by atoms with van der Waals surface area (Å²) in [6.45, 7) is 5.80. The predicted molar refractivity (Wildman–Crippen MR) is 139 cm³/mol. The van der Waals surface area contributed by atoms with Gasteiger partial charge in [-0.25, -0.2) is 0 Å². The molecule has 1 heterocycles. The number of halogens is 6. The molecule has 1 saturated heterocycles. The SMILES string of the molecule is COc1ccc([N+](=O)[O-])cc1C1=C(CN2C(=O)C[C@H](c3cc(C(F)(F)F)cc(C(F)(F)F)c3)[C@@H]2C)CC(C)(C)CC1. The van der Waals surface area contributed by atoms with Crippen LogP contribution in [-0.4, -0.2) is 35.4 Å². The van der Waals surface area contributed by atoms with Gasteiger partial charge in [0.25, 0.3) is 5.69 Å². The van der Waals surface area contributed by atoms with Crippen LogP contribution in [0.1, 0.15) is 74.6 Å². The number of hydrogen-bond acceptors (Lipinski definition) is 4. The van der Waals surface area contributed by atoms with Gasteiger partial charge in [0, 0.05) is 42.6 Å². The Morgan fingerprint density at radius 3 is 2.20 bits per heavy atom. The number of methoxy groups -OCH3 is 1. The van der Waals surface area contributed by atoms with E-state index in [0.717, 1.165) is 17.6 Å². The molecule has 0 saturated carbocycles. The lowest BCUT2D eigenvalue weighted by molar-refractivity contribution is -0.384. The summed E-state index contributed by atoms with van der Waals surface area (Å²) >= 11 is 0. The van der Waals surface area contributed by atoms with Crippen LogP contribution in [0.15, 0.2) is 42.0 Å². The number of rotatable bonds is 6. The summed E-state index contributed by atoms with van der Waals surface area (Å²) in [6, 6.07) is 5.02. The highest BCUT2D eigenvalue weighted by Gasteiger charge is 2.43. The van der Waals surface area contributed by atoms with Gasteiger partial charge in [-0.1, -0.05) is 13.8 Å². The number of likely N-dealkylation sites (tertiary alicyclic amines) is 1. The van der Waals surface area contributed by atoms with Crippen LogP contribution in [0.5, 0.6) is 5.75 Å². The van der Waals surface area contributed by atoms with E-state index in [9.17, 15) is 41.3 Å². The zero-order valence-electron chi connectivity index (χ0n) is 22.9. The van der Waals surface area contributed by atoms with Crippen molar-refractivity contribution in [3.63, 3.8) is 0 Å². The van der Waals surface area contributed by atoms with E-state index in [1.54, 1.807) is 6.92 Å². The maximum Gasteiger partial charge on any atom is 0.416 e. The molecule has 1 aliphatic heterocycles. The maximum atomic E-state index is 13.5. The van der Waals surface area contributed by atoms with Gasteiger partial charge in [-0.15, -0.1) is 0 Å². The molecule has 0 N–H and O–H groups in total. The van der Waals surface area contributed by atoms with Crippen molar-refractivity contribution in [3.05, 3.63) is 74.3 Å². The van der Waals surface area contributed by atoms with Crippen molar-refractivity contribution in [2.75, 3.05) is 13.7 Å². The summed E-state index contributed by atoms with van der Waals surface area (Å²) in [5, 5.41) is 11.5. The monoisotopic (exact) mass is 584 g/mol. The molecule has 2 aromatic carbocycles. The van der Waals surface area contributed by atoms with Crippen LogP contribution in [0.3, 0.4) is 0 Å². The molecule has 6 nitrogen and oxygen atoms in total. The fraction of sp³-hybridized carbons (Fsp3) is 0.483. The molecule has 222 valence electrons. The zero-order valence-corrected chi connectivity index (χ0v) is 22.9. The first kappa shape index (κ1) is 30.4. The average Bonchev–Trinajstić information content (AvgIpc) is 3.15. The third-order valence-electron chi connectivity index (χ3n) is 8.08. The molecule has 12 heteroatoms. The third-order valence-corrected chi connectivity index (χ3v) is 8.08. The molecule has 4 rings (SSSR count). The van der Waals surface area contributed by atoms with Crippen molar-refractivity contribution in [1.82, 2.24) is 4.90 Å². The summed E-state index contributed by atoms with van der Waals surface area (Å²) < 4.78 is 86.5. The Bertz CT molecular complexity index is 1360. The zero-order chi connectivity index (χ0) is 30.5. The highest BCUT2D eigenvalue weighted by atomic mass is 19.4. The second kappa shape index (κ2) is 10.7. The summed E-state index contributed by atoms with van der Waals surface area (Å²) in [4.78, 5) is 25.7. The van der Waals surface area contributed by atoms with Crippen LogP contribution < -0.4 is 4.74 Å². The standard InChI is InChI=1S/C29H30F6N2O4/c1-16-23(17-9-19(28(30,31)32)11-20(10-17)29(33,34)35)13-26(38)36(16)15-18-14-27(2,3)8-7-22(18)24-12-21(37(39)40)5-6-25(24)41-4/h5-6,9-12,16,23H,7-8,13-15H2,1-4H3/t16-,23-/m0/s1. The van der Waals surface area contributed by atoms with Crippen LogP contribution in [0.4, 0.5) is 32.0 Å². The van der Waals surface area contributed by atoms with Gasteiger partial charge in [0.2, 0.25) is 5.91 Å². The number of ether oxygens (including phenoxy) is 1. The van der Waals surface area contributed by atoms with E-state index < -0.39 is 46.3 Å². The van der Waals surface area contributed by atoms with Crippen LogP contribution >= 0.6 is 0 Å². The molecule has 2 aliphatic rings. The number of carbonyl (C=O) groups excluding carboxylic acids is 1. The van der Waals surface area contributed by atoms with E-state index in [-0.39, 0.29) is 35.7 Å². The smallest absolute Gasteiger partial charge is 0.416 e. The molecule has 0 unspecified atom stereocenters. The Kier molecular flexibility index (Phi) is 7.92. The Morgan fingerprint density at radius 1 is 1.05 bits per heavy atom. The summed E-state index contributed by atoms with van der Waals surface area (Å²) in [7, 11) is 1.44. The van der Waals surface area contributed by atoms with Gasteiger partial charge >= 0.3 is 12.4 Å². The van der Waals surface area contributed by atoms with E-state index >= 15 is 0 Å². The van der Waals surface area contributed by atoms with Crippen LogP contribution in [0, 0.1) is 15.5 Å². The minimum Gasteiger partial charge on any atom is -0.496 e. The van der Waals surface area contributed by atoms with Crippen molar-refractivity contribution < 1.29 is 40.8 Å². The van der Waals surface area contributed by atoms with Crippen molar-refractivity contribution in [1.29, 1.82) is 0 Å². The number of non-ortho nitro benzene ring substituents is 1. The van der Waals surface area contributed by atoms with E-state index in [4.69, 9.17) is 4.74 Å². The number of amides is 1. The molecule has 1 amide bonds. The number of allylic oxidation sites excluding steroid dienone is 1. The Morgan fingerprint density at radius 2 is 1.66 bits per heavy atom. The molecular weight excluding hydrogens is 554 g/mol. The summed E-state index contributed by atoms with van der Waals surface area (Å²) in [6.07, 6.45) is -8.39. The predicted octanol–water partition coefficient (Wildman–Crippen LogP) is 8.01. The average molecular weight is 585 g/mol. The van der Waals surface area contributed by atoms with Gasteiger partial charge in [-0.05, 0) is 72.6 Å². The molecule has 41 heavy (non-hydrogen) atoms. The number of nitro groups is 1. The number of nitro benzene ring substituents is 1. The van der Waals surface area contributed by atoms with Crippen LogP contribution in [0.2, 0.25) is 0 Å². The Balaban J connectivity index is 1.75. The van der Waals surface area contributed by atoms with Gasteiger partial charge in [-0.2, -0.15) is 26.3 Å². The fourth-order valence-corrected chi connectivity index (χ4v) is 5.88. The van der Waals surface area contributed by atoms with Gasteiger partial charge in [0.05, 0.1) is 23.2 Å². The molecule has 2 atom stereocenters. The van der Waals surface area contributed by atoms with Crippen LogP contribution in [-0.2, 0) is 17.1 Å². The second-order valence-electron chi connectivity index (χ2n) is 11.5. The van der Waals surface area contributed by atoms with E-state index in [0.29, 0.717) is 36.3 Å².